The number of hydrogen-bond acceptors (Lipinski definition) is 7. The molecule has 3 aromatic heterocycles. The third-order valence-electron chi connectivity index (χ3n) is 6.96. The van der Waals surface area contributed by atoms with Gasteiger partial charge in [0.1, 0.15) is 11.8 Å². The number of piperidine rings is 1. The third kappa shape index (κ3) is 3.67. The molecule has 0 unspecified atom stereocenters. The van der Waals surface area contributed by atoms with Crippen LogP contribution in [0.4, 0.5) is 5.82 Å². The van der Waals surface area contributed by atoms with E-state index in [0.717, 1.165) is 80.0 Å². The fourth-order valence-electron chi connectivity index (χ4n) is 5.21. The van der Waals surface area contributed by atoms with Crippen LogP contribution in [0.3, 0.4) is 0 Å². The molecular weight excluding hydrogens is 416 g/mol. The zero-order chi connectivity index (χ0) is 22.2. The SMILES string of the molecule is Nc1ncnn2c(-c3cccc(C4CCNCC4)c3)cc(-c3cnnn3C3CCOCC3)c12. The lowest BCUT2D eigenvalue weighted by atomic mass is 9.89. The van der Waals surface area contributed by atoms with E-state index < -0.39 is 0 Å². The maximum Gasteiger partial charge on any atom is 0.152 e. The Hall–Kier alpha value is -3.30. The second-order valence-corrected chi connectivity index (χ2v) is 8.91. The predicted octanol–water partition coefficient (Wildman–Crippen LogP) is 3.06. The topological polar surface area (TPSA) is 108 Å². The molecule has 0 radical (unpaired) electrons. The Morgan fingerprint density at radius 2 is 1.88 bits per heavy atom. The van der Waals surface area contributed by atoms with Gasteiger partial charge in [-0.15, -0.1) is 5.10 Å². The normalized spacial score (nSPS) is 18.2. The lowest BCUT2D eigenvalue weighted by molar-refractivity contribution is 0.0662. The van der Waals surface area contributed by atoms with Gasteiger partial charge in [-0.05, 0) is 62.4 Å². The highest BCUT2D eigenvalue weighted by atomic mass is 16.5. The number of nitrogens with zero attached hydrogens (tertiary/aromatic N) is 6. The second-order valence-electron chi connectivity index (χ2n) is 8.91. The van der Waals surface area contributed by atoms with Crippen LogP contribution in [0.15, 0.2) is 42.9 Å². The van der Waals surface area contributed by atoms with Crippen LogP contribution in [0.5, 0.6) is 0 Å². The maximum atomic E-state index is 6.38. The van der Waals surface area contributed by atoms with E-state index >= 15 is 0 Å². The van der Waals surface area contributed by atoms with Gasteiger partial charge in [0, 0.05) is 24.3 Å². The minimum atomic E-state index is 0.253. The van der Waals surface area contributed by atoms with Crippen LogP contribution in [0.1, 0.15) is 43.2 Å². The highest BCUT2D eigenvalue weighted by Crippen LogP contribution is 2.37. The Labute approximate surface area is 192 Å². The van der Waals surface area contributed by atoms with E-state index in [0.29, 0.717) is 11.7 Å². The molecule has 9 nitrogen and oxygen atoms in total. The van der Waals surface area contributed by atoms with Crippen LogP contribution in [0, 0.1) is 0 Å². The minimum absolute atomic E-state index is 0.253. The Bertz CT molecular complexity index is 1270. The van der Waals surface area contributed by atoms with Gasteiger partial charge in [0.15, 0.2) is 5.82 Å². The molecule has 0 saturated carbocycles. The van der Waals surface area contributed by atoms with Crippen molar-refractivity contribution in [1.29, 1.82) is 0 Å². The fraction of sp³-hybridized carbons (Fsp3) is 0.417. The molecule has 0 aliphatic carbocycles. The molecule has 0 atom stereocenters. The molecule has 170 valence electrons. The van der Waals surface area contributed by atoms with Crippen LogP contribution in [-0.4, -0.2) is 55.9 Å². The molecule has 2 saturated heterocycles. The molecule has 6 rings (SSSR count). The average Bonchev–Trinajstić information content (AvgIpc) is 3.51. The predicted molar refractivity (Wildman–Crippen MR) is 126 cm³/mol. The first-order valence-electron chi connectivity index (χ1n) is 11.7. The molecule has 2 fully saturated rings. The number of ether oxygens (including phenoxy) is 1. The van der Waals surface area contributed by atoms with Crippen LogP contribution in [-0.2, 0) is 4.74 Å². The molecule has 4 aromatic rings. The molecule has 5 heterocycles. The summed E-state index contributed by atoms with van der Waals surface area (Å²) in [6.45, 7) is 3.61. The van der Waals surface area contributed by atoms with Gasteiger partial charge in [-0.1, -0.05) is 23.4 Å². The number of fused-ring (bicyclic) bond motifs is 1. The molecule has 3 N–H and O–H groups in total. The lowest BCUT2D eigenvalue weighted by Gasteiger charge is -2.23. The Balaban J connectivity index is 1.47. The number of nitrogen functional groups attached to an aromatic ring is 1. The number of rotatable bonds is 4. The van der Waals surface area contributed by atoms with Crippen molar-refractivity contribution < 1.29 is 4.74 Å². The van der Waals surface area contributed by atoms with E-state index in [9.17, 15) is 0 Å². The first-order chi connectivity index (χ1) is 16.3. The first kappa shape index (κ1) is 20.3. The fourth-order valence-corrected chi connectivity index (χ4v) is 5.21. The van der Waals surface area contributed by atoms with E-state index in [4.69, 9.17) is 10.5 Å². The summed E-state index contributed by atoms with van der Waals surface area (Å²) in [6, 6.07) is 11.2. The monoisotopic (exact) mass is 444 g/mol. The number of hydrogen-bond donors (Lipinski definition) is 2. The minimum Gasteiger partial charge on any atom is -0.382 e. The van der Waals surface area contributed by atoms with Crippen molar-refractivity contribution >= 4 is 11.3 Å². The highest BCUT2D eigenvalue weighted by Gasteiger charge is 2.25. The maximum absolute atomic E-state index is 6.38. The largest absolute Gasteiger partial charge is 0.382 e. The summed E-state index contributed by atoms with van der Waals surface area (Å²) in [7, 11) is 0. The van der Waals surface area contributed by atoms with Crippen molar-refractivity contribution in [2.24, 2.45) is 0 Å². The van der Waals surface area contributed by atoms with Crippen molar-refractivity contribution in [2.45, 2.75) is 37.6 Å². The molecule has 0 spiro atoms. The van der Waals surface area contributed by atoms with E-state index in [1.54, 1.807) is 0 Å². The number of benzene rings is 1. The van der Waals surface area contributed by atoms with Crippen LogP contribution >= 0.6 is 0 Å². The van der Waals surface area contributed by atoms with E-state index in [2.05, 4.69) is 56.0 Å². The molecule has 2 aliphatic rings. The lowest BCUT2D eigenvalue weighted by Crippen LogP contribution is -2.26. The number of nitrogens with one attached hydrogen (secondary N) is 1. The third-order valence-corrected chi connectivity index (χ3v) is 6.96. The van der Waals surface area contributed by atoms with Crippen LogP contribution in [0.25, 0.3) is 28.0 Å². The van der Waals surface area contributed by atoms with Gasteiger partial charge in [0.05, 0.1) is 23.6 Å². The average molecular weight is 445 g/mol. The highest BCUT2D eigenvalue weighted by molar-refractivity contribution is 5.90. The van der Waals surface area contributed by atoms with Crippen molar-refractivity contribution in [3.05, 3.63) is 48.4 Å². The number of nitrogens with two attached hydrogens (primary N) is 1. The van der Waals surface area contributed by atoms with Gasteiger partial charge in [0.25, 0.3) is 0 Å². The van der Waals surface area contributed by atoms with E-state index in [1.807, 2.05) is 15.4 Å². The zero-order valence-corrected chi connectivity index (χ0v) is 18.5. The van der Waals surface area contributed by atoms with Crippen molar-refractivity contribution in [2.75, 3.05) is 32.0 Å². The number of aromatic nitrogens is 6. The smallest absolute Gasteiger partial charge is 0.152 e. The molecule has 9 heteroatoms. The van der Waals surface area contributed by atoms with Crippen LogP contribution < -0.4 is 11.1 Å². The van der Waals surface area contributed by atoms with Gasteiger partial charge in [-0.2, -0.15) is 5.10 Å². The van der Waals surface area contributed by atoms with E-state index in [-0.39, 0.29) is 6.04 Å². The van der Waals surface area contributed by atoms with Gasteiger partial charge in [-0.25, -0.2) is 14.2 Å². The number of anilines is 1. The quantitative estimate of drug-likeness (QED) is 0.498. The van der Waals surface area contributed by atoms with Gasteiger partial charge in [0.2, 0.25) is 0 Å². The summed E-state index contributed by atoms with van der Waals surface area (Å²) in [5, 5.41) is 16.7. The summed E-state index contributed by atoms with van der Waals surface area (Å²) < 4.78 is 9.46. The summed E-state index contributed by atoms with van der Waals surface area (Å²) in [5.41, 5.74) is 12.5. The second kappa shape index (κ2) is 8.57. The van der Waals surface area contributed by atoms with Crippen LogP contribution in [0.2, 0.25) is 0 Å². The van der Waals surface area contributed by atoms with Crippen molar-refractivity contribution in [1.82, 2.24) is 34.9 Å². The van der Waals surface area contributed by atoms with Gasteiger partial charge >= 0.3 is 0 Å². The molecular formula is C24H28N8O. The summed E-state index contributed by atoms with van der Waals surface area (Å²) in [5.74, 6) is 1.02. The van der Waals surface area contributed by atoms with Gasteiger partial charge in [-0.3, -0.25) is 0 Å². The Morgan fingerprint density at radius 3 is 2.73 bits per heavy atom. The first-order valence-corrected chi connectivity index (χ1v) is 11.7. The molecule has 33 heavy (non-hydrogen) atoms. The molecule has 2 aliphatic heterocycles. The summed E-state index contributed by atoms with van der Waals surface area (Å²) >= 11 is 0. The Morgan fingerprint density at radius 1 is 1.03 bits per heavy atom. The summed E-state index contributed by atoms with van der Waals surface area (Å²) in [4.78, 5) is 4.29. The Kier molecular flexibility index (Phi) is 5.27. The van der Waals surface area contributed by atoms with Crippen molar-refractivity contribution in [3.8, 4) is 22.5 Å². The van der Waals surface area contributed by atoms with Crippen molar-refractivity contribution in [3.63, 3.8) is 0 Å². The van der Waals surface area contributed by atoms with Gasteiger partial charge < -0.3 is 15.8 Å². The molecule has 0 amide bonds. The van der Waals surface area contributed by atoms with E-state index in [1.165, 1.54) is 11.9 Å². The molecule has 1 aromatic carbocycles. The standard InChI is InChI=1S/C24H28N8O/c25-24-23-20(22-14-28-30-31(22)19-6-10-33-11-7-19)13-21(32(23)29-15-27-24)18-3-1-2-17(12-18)16-4-8-26-9-5-16/h1-3,12-16,19,26H,4-11H2,(H2,25,27,29). The zero-order valence-electron chi connectivity index (χ0n) is 18.5. The molecule has 0 bridgehead atoms. The summed E-state index contributed by atoms with van der Waals surface area (Å²) in [6.07, 6.45) is 7.48.